The van der Waals surface area contributed by atoms with Gasteiger partial charge in [-0.1, -0.05) is 32.3 Å². The highest BCUT2D eigenvalue weighted by Gasteiger charge is 2.56. The van der Waals surface area contributed by atoms with Crippen LogP contribution in [0.2, 0.25) is 0 Å². The van der Waals surface area contributed by atoms with E-state index >= 15 is 0 Å². The third-order valence-electron chi connectivity index (χ3n) is 5.21. The molecule has 1 spiro atoms. The van der Waals surface area contributed by atoms with E-state index in [0.717, 1.165) is 31.9 Å². The molecule has 0 aliphatic heterocycles. The van der Waals surface area contributed by atoms with Gasteiger partial charge in [0.05, 0.1) is 0 Å². The summed E-state index contributed by atoms with van der Waals surface area (Å²) in [6.45, 7) is 3.05. The van der Waals surface area contributed by atoms with Gasteiger partial charge in [-0.25, -0.2) is 4.39 Å². The fourth-order valence-corrected chi connectivity index (χ4v) is 4.05. The Morgan fingerprint density at radius 1 is 1.24 bits per heavy atom. The van der Waals surface area contributed by atoms with Gasteiger partial charge < -0.3 is 10.1 Å². The molecule has 2 saturated carbocycles. The molecule has 2 fully saturated rings. The van der Waals surface area contributed by atoms with Crippen molar-refractivity contribution in [2.75, 3.05) is 6.54 Å². The number of hydrogen-bond donors (Lipinski definition) is 1. The molecule has 2 atom stereocenters. The van der Waals surface area contributed by atoms with E-state index in [1.165, 1.54) is 31.4 Å². The van der Waals surface area contributed by atoms with Gasteiger partial charge in [0, 0.05) is 17.9 Å². The van der Waals surface area contributed by atoms with Gasteiger partial charge in [0.15, 0.2) is 11.6 Å². The molecule has 4 heteroatoms. The molecule has 0 saturated heterocycles. The summed E-state index contributed by atoms with van der Waals surface area (Å²) in [6.07, 6.45) is 6.78. The fourth-order valence-electron chi connectivity index (χ4n) is 4.05. The summed E-state index contributed by atoms with van der Waals surface area (Å²) in [5.74, 6) is -1.65. The predicted octanol–water partition coefficient (Wildman–Crippen LogP) is 4.04. The van der Waals surface area contributed by atoms with Gasteiger partial charge in [0.2, 0.25) is 5.82 Å². The molecule has 1 aromatic carbocycles. The Bertz CT molecular complexity index is 500. The number of halogens is 2. The van der Waals surface area contributed by atoms with E-state index in [2.05, 4.69) is 12.2 Å². The van der Waals surface area contributed by atoms with E-state index in [4.69, 9.17) is 4.74 Å². The quantitative estimate of drug-likeness (QED) is 0.905. The van der Waals surface area contributed by atoms with E-state index < -0.39 is 11.6 Å². The van der Waals surface area contributed by atoms with Crippen LogP contribution in [0, 0.1) is 17.0 Å². The zero-order valence-corrected chi connectivity index (χ0v) is 12.5. The maximum absolute atomic E-state index is 13.8. The van der Waals surface area contributed by atoms with Gasteiger partial charge in [0.25, 0.3) is 0 Å². The number of nitrogens with one attached hydrogen (secondary N) is 1. The molecule has 116 valence electrons. The van der Waals surface area contributed by atoms with Crippen LogP contribution in [0.5, 0.6) is 5.75 Å². The second-order valence-corrected chi connectivity index (χ2v) is 6.30. The molecule has 0 amide bonds. The first kappa shape index (κ1) is 14.8. The second-order valence-electron chi connectivity index (χ2n) is 6.30. The number of rotatable bonds is 4. The molecule has 2 aliphatic rings. The fraction of sp³-hybridized carbons (Fsp3) is 0.647. The van der Waals surface area contributed by atoms with Crippen LogP contribution in [0.1, 0.15) is 45.4 Å². The maximum Gasteiger partial charge on any atom is 0.200 e. The molecule has 0 heterocycles. The number of ether oxygens (including phenoxy) is 1. The SMILES string of the molecule is CCNC1CC(Oc2cccc(F)c2F)C12CCCCC2. The standard InChI is InChI=1S/C17H23F2NO/c1-2-20-14-11-15(17(14)9-4-3-5-10-17)21-13-8-6-7-12(18)16(13)19/h6-8,14-15,20H,2-5,9-11H2,1H3. The first-order valence-electron chi connectivity index (χ1n) is 8.01. The maximum atomic E-state index is 13.8. The van der Waals surface area contributed by atoms with Gasteiger partial charge in [-0.2, -0.15) is 4.39 Å². The Labute approximate surface area is 124 Å². The van der Waals surface area contributed by atoms with Crippen LogP contribution >= 0.6 is 0 Å². The lowest BCUT2D eigenvalue weighted by molar-refractivity contribution is -0.104. The minimum absolute atomic E-state index is 0.00171. The third kappa shape index (κ3) is 2.54. The van der Waals surface area contributed by atoms with Gasteiger partial charge in [-0.3, -0.25) is 0 Å². The van der Waals surface area contributed by atoms with Crippen molar-refractivity contribution in [3.63, 3.8) is 0 Å². The summed E-state index contributed by atoms with van der Waals surface area (Å²) in [7, 11) is 0. The molecule has 1 aromatic rings. The monoisotopic (exact) mass is 295 g/mol. The first-order chi connectivity index (χ1) is 10.2. The second kappa shape index (κ2) is 5.91. The van der Waals surface area contributed by atoms with Gasteiger partial charge in [0.1, 0.15) is 6.10 Å². The van der Waals surface area contributed by atoms with E-state index in [0.29, 0.717) is 6.04 Å². The van der Waals surface area contributed by atoms with Crippen LogP contribution in [0.3, 0.4) is 0 Å². The highest BCUT2D eigenvalue weighted by atomic mass is 19.2. The van der Waals surface area contributed by atoms with Crippen LogP contribution in [0.15, 0.2) is 18.2 Å². The molecule has 3 rings (SSSR count). The zero-order chi connectivity index (χ0) is 14.9. The van der Waals surface area contributed by atoms with Gasteiger partial charge >= 0.3 is 0 Å². The Balaban J connectivity index is 1.77. The predicted molar refractivity (Wildman–Crippen MR) is 78.4 cm³/mol. The Kier molecular flexibility index (Phi) is 4.16. The molecule has 0 radical (unpaired) electrons. The Morgan fingerprint density at radius 2 is 2.00 bits per heavy atom. The van der Waals surface area contributed by atoms with Crippen molar-refractivity contribution in [2.45, 2.75) is 57.6 Å². The van der Waals surface area contributed by atoms with Crippen molar-refractivity contribution < 1.29 is 13.5 Å². The lowest BCUT2D eigenvalue weighted by Gasteiger charge is -2.57. The van der Waals surface area contributed by atoms with Crippen molar-refractivity contribution in [1.82, 2.24) is 5.32 Å². The van der Waals surface area contributed by atoms with E-state index in [1.807, 2.05) is 0 Å². The van der Waals surface area contributed by atoms with Crippen molar-refractivity contribution in [1.29, 1.82) is 0 Å². The largest absolute Gasteiger partial charge is 0.487 e. The summed E-state index contributed by atoms with van der Waals surface area (Å²) >= 11 is 0. The van der Waals surface area contributed by atoms with Crippen molar-refractivity contribution in [2.24, 2.45) is 5.41 Å². The van der Waals surface area contributed by atoms with Crippen LogP contribution in [-0.4, -0.2) is 18.7 Å². The van der Waals surface area contributed by atoms with Crippen LogP contribution in [-0.2, 0) is 0 Å². The van der Waals surface area contributed by atoms with Crippen LogP contribution < -0.4 is 10.1 Å². The molecule has 2 aliphatic carbocycles. The smallest absolute Gasteiger partial charge is 0.200 e. The summed E-state index contributed by atoms with van der Waals surface area (Å²) in [4.78, 5) is 0. The highest BCUT2D eigenvalue weighted by Crippen LogP contribution is 2.53. The molecule has 0 aromatic heterocycles. The summed E-state index contributed by atoms with van der Waals surface area (Å²) in [5.41, 5.74) is 0.104. The molecule has 0 bridgehead atoms. The van der Waals surface area contributed by atoms with Crippen molar-refractivity contribution >= 4 is 0 Å². The number of benzene rings is 1. The third-order valence-corrected chi connectivity index (χ3v) is 5.21. The molecule has 21 heavy (non-hydrogen) atoms. The molecular weight excluding hydrogens is 272 g/mol. The van der Waals surface area contributed by atoms with Crippen molar-refractivity contribution in [3.8, 4) is 5.75 Å². The zero-order valence-electron chi connectivity index (χ0n) is 12.5. The molecule has 2 nitrogen and oxygen atoms in total. The van der Waals surface area contributed by atoms with E-state index in [9.17, 15) is 8.78 Å². The summed E-state index contributed by atoms with van der Waals surface area (Å²) in [5, 5.41) is 3.54. The summed E-state index contributed by atoms with van der Waals surface area (Å²) < 4.78 is 33.0. The average molecular weight is 295 g/mol. The van der Waals surface area contributed by atoms with Gasteiger partial charge in [-0.15, -0.1) is 0 Å². The van der Waals surface area contributed by atoms with E-state index in [-0.39, 0.29) is 17.3 Å². The molecule has 1 N–H and O–H groups in total. The Morgan fingerprint density at radius 3 is 2.71 bits per heavy atom. The molecular formula is C17H23F2NO. The van der Waals surface area contributed by atoms with Crippen LogP contribution in [0.4, 0.5) is 8.78 Å². The van der Waals surface area contributed by atoms with Crippen molar-refractivity contribution in [3.05, 3.63) is 29.8 Å². The highest BCUT2D eigenvalue weighted by molar-refractivity contribution is 5.26. The normalized spacial score (nSPS) is 27.4. The minimum atomic E-state index is -0.865. The van der Waals surface area contributed by atoms with E-state index in [1.54, 1.807) is 0 Å². The number of hydrogen-bond acceptors (Lipinski definition) is 2. The minimum Gasteiger partial charge on any atom is -0.487 e. The molecule has 2 unspecified atom stereocenters. The lowest BCUT2D eigenvalue weighted by atomic mass is 9.55. The lowest BCUT2D eigenvalue weighted by Crippen LogP contribution is -2.65. The summed E-state index contributed by atoms with van der Waals surface area (Å²) in [6, 6.07) is 4.60. The topological polar surface area (TPSA) is 21.3 Å². The Hall–Kier alpha value is -1.16. The van der Waals surface area contributed by atoms with Crippen LogP contribution in [0.25, 0.3) is 0 Å². The van der Waals surface area contributed by atoms with Gasteiger partial charge in [-0.05, 0) is 31.5 Å². The average Bonchev–Trinajstić information content (AvgIpc) is 2.51. The first-order valence-corrected chi connectivity index (χ1v) is 8.01.